The molecule has 2 aromatic rings. The van der Waals surface area contributed by atoms with Gasteiger partial charge >= 0.3 is 5.97 Å². The van der Waals surface area contributed by atoms with Gasteiger partial charge in [0.1, 0.15) is 5.75 Å². The molecule has 2 atom stereocenters. The topological polar surface area (TPSA) is 64.4 Å². The molecule has 1 aromatic heterocycles. The highest BCUT2D eigenvalue weighted by Crippen LogP contribution is 2.38. The molecule has 3 rings (SSSR count). The second kappa shape index (κ2) is 5.00. The number of ether oxygens (including phenoxy) is 1. The highest BCUT2D eigenvalue weighted by atomic mass is 16.5. The maximum Gasteiger partial charge on any atom is 0.306 e. The molecule has 0 radical (unpaired) electrons. The van der Waals surface area contributed by atoms with E-state index in [4.69, 9.17) is 9.84 Å². The van der Waals surface area contributed by atoms with Crippen LogP contribution in [-0.4, -0.2) is 27.5 Å². The fourth-order valence-electron chi connectivity index (χ4n) is 2.32. The van der Waals surface area contributed by atoms with Crippen molar-refractivity contribution in [3.05, 3.63) is 36.5 Å². The predicted octanol–water partition coefficient (Wildman–Crippen LogP) is 2.19. The lowest BCUT2D eigenvalue weighted by Gasteiger charge is -2.07. The minimum atomic E-state index is -0.717. The van der Waals surface area contributed by atoms with Crippen molar-refractivity contribution in [2.45, 2.75) is 6.42 Å². The van der Waals surface area contributed by atoms with Crippen molar-refractivity contribution < 1.29 is 14.6 Å². The number of carbonyl (C=O) groups is 1. The van der Waals surface area contributed by atoms with Gasteiger partial charge in [0.15, 0.2) is 0 Å². The second-order valence-corrected chi connectivity index (χ2v) is 5.12. The number of nitrogens with zero attached hydrogens (tertiary/aromatic N) is 2. The lowest BCUT2D eigenvalue weighted by molar-refractivity contribution is -0.138. The summed E-state index contributed by atoms with van der Waals surface area (Å²) in [5.74, 6) is -0.00919. The second-order valence-electron chi connectivity index (χ2n) is 5.12. The van der Waals surface area contributed by atoms with Gasteiger partial charge in [0.05, 0.1) is 18.2 Å². The zero-order chi connectivity index (χ0) is 14.1. The number of carboxylic acid groups (broad SMARTS) is 1. The van der Waals surface area contributed by atoms with E-state index in [0.29, 0.717) is 6.61 Å². The van der Waals surface area contributed by atoms with Gasteiger partial charge in [-0.1, -0.05) is 0 Å². The molecular weight excluding hydrogens is 256 g/mol. The molecule has 1 heterocycles. The molecule has 1 fully saturated rings. The summed E-state index contributed by atoms with van der Waals surface area (Å²) >= 11 is 0. The fourth-order valence-corrected chi connectivity index (χ4v) is 2.32. The highest BCUT2D eigenvalue weighted by Gasteiger charge is 2.43. The molecule has 20 heavy (non-hydrogen) atoms. The summed E-state index contributed by atoms with van der Waals surface area (Å²) in [6, 6.07) is 9.72. The summed E-state index contributed by atoms with van der Waals surface area (Å²) < 4.78 is 7.44. The van der Waals surface area contributed by atoms with Crippen molar-refractivity contribution in [3.8, 4) is 17.0 Å². The monoisotopic (exact) mass is 272 g/mol. The Bertz CT molecular complexity index is 618. The van der Waals surface area contributed by atoms with Crippen LogP contribution in [0, 0.1) is 11.8 Å². The van der Waals surface area contributed by atoms with Crippen LogP contribution in [0.3, 0.4) is 0 Å². The van der Waals surface area contributed by atoms with Gasteiger partial charge in [-0.3, -0.25) is 9.48 Å². The van der Waals surface area contributed by atoms with Gasteiger partial charge in [-0.25, -0.2) is 0 Å². The summed E-state index contributed by atoms with van der Waals surface area (Å²) in [5.41, 5.74) is 2.12. The zero-order valence-electron chi connectivity index (χ0n) is 11.2. The molecule has 0 bridgehead atoms. The van der Waals surface area contributed by atoms with E-state index in [2.05, 4.69) is 5.10 Å². The third kappa shape index (κ3) is 2.52. The van der Waals surface area contributed by atoms with E-state index in [9.17, 15) is 4.79 Å². The zero-order valence-corrected chi connectivity index (χ0v) is 11.2. The number of hydrogen-bond donors (Lipinski definition) is 1. The number of hydrogen-bond acceptors (Lipinski definition) is 3. The minimum absolute atomic E-state index is 0.157. The van der Waals surface area contributed by atoms with Crippen LogP contribution in [0.2, 0.25) is 0 Å². The van der Waals surface area contributed by atoms with Crippen LogP contribution >= 0.6 is 0 Å². The Morgan fingerprint density at radius 1 is 1.40 bits per heavy atom. The van der Waals surface area contributed by atoms with Crippen molar-refractivity contribution in [3.63, 3.8) is 0 Å². The molecule has 5 heteroatoms. The molecular formula is C15H16N2O3. The average Bonchev–Trinajstić information content (AvgIpc) is 3.11. The summed E-state index contributed by atoms with van der Waals surface area (Å²) in [6.45, 7) is 0.474. The SMILES string of the molecule is Cn1nccc1-c1ccc(OC[C@H]2C[C@H]2C(=O)O)cc1. The third-order valence-electron chi connectivity index (χ3n) is 3.67. The van der Waals surface area contributed by atoms with Crippen LogP contribution in [0.15, 0.2) is 36.5 Å². The lowest BCUT2D eigenvalue weighted by Crippen LogP contribution is -2.06. The van der Waals surface area contributed by atoms with E-state index in [-0.39, 0.29) is 11.8 Å². The molecule has 1 N–H and O–H groups in total. The van der Waals surface area contributed by atoms with E-state index >= 15 is 0 Å². The third-order valence-corrected chi connectivity index (χ3v) is 3.67. The Balaban J connectivity index is 1.60. The standard InChI is InChI=1S/C15H16N2O3/c1-17-14(6-7-16-17)10-2-4-12(5-3-10)20-9-11-8-13(11)15(18)19/h2-7,11,13H,8-9H2,1H3,(H,18,19)/t11-,13-/m1/s1. The minimum Gasteiger partial charge on any atom is -0.493 e. The smallest absolute Gasteiger partial charge is 0.306 e. The Hall–Kier alpha value is -2.30. The first kappa shape index (κ1) is 12.7. The van der Waals surface area contributed by atoms with Crippen molar-refractivity contribution >= 4 is 5.97 Å². The fraction of sp³-hybridized carbons (Fsp3) is 0.333. The Kier molecular flexibility index (Phi) is 3.18. The first-order valence-corrected chi connectivity index (χ1v) is 6.59. The maximum absolute atomic E-state index is 10.7. The van der Waals surface area contributed by atoms with Crippen LogP contribution in [0.25, 0.3) is 11.3 Å². The van der Waals surface area contributed by atoms with E-state index in [1.165, 1.54) is 0 Å². The lowest BCUT2D eigenvalue weighted by atomic mass is 10.1. The quantitative estimate of drug-likeness (QED) is 0.906. The number of benzene rings is 1. The average molecular weight is 272 g/mol. The number of aryl methyl sites for hydroxylation is 1. The van der Waals surface area contributed by atoms with Gasteiger partial charge in [-0.15, -0.1) is 0 Å². The molecule has 1 aliphatic carbocycles. The molecule has 0 amide bonds. The van der Waals surface area contributed by atoms with E-state index < -0.39 is 5.97 Å². The summed E-state index contributed by atoms with van der Waals surface area (Å²) in [4.78, 5) is 10.7. The first-order chi connectivity index (χ1) is 9.65. The Labute approximate surface area is 116 Å². The number of carboxylic acids is 1. The molecule has 1 saturated carbocycles. The van der Waals surface area contributed by atoms with Gasteiger partial charge in [0.2, 0.25) is 0 Å². The van der Waals surface area contributed by atoms with Gasteiger partial charge in [-0.2, -0.15) is 5.10 Å². The molecule has 1 aliphatic rings. The van der Waals surface area contributed by atoms with Gasteiger partial charge in [-0.05, 0) is 36.8 Å². The highest BCUT2D eigenvalue weighted by molar-refractivity contribution is 5.73. The van der Waals surface area contributed by atoms with E-state index in [0.717, 1.165) is 23.4 Å². The van der Waals surface area contributed by atoms with Crippen LogP contribution in [0.1, 0.15) is 6.42 Å². The molecule has 0 aliphatic heterocycles. The normalized spacial score (nSPS) is 20.6. The maximum atomic E-state index is 10.7. The van der Waals surface area contributed by atoms with Gasteiger partial charge in [0.25, 0.3) is 0 Å². The van der Waals surface area contributed by atoms with Crippen molar-refractivity contribution in [2.75, 3.05) is 6.61 Å². The number of aliphatic carboxylic acids is 1. The molecule has 0 saturated heterocycles. The molecule has 104 valence electrons. The van der Waals surface area contributed by atoms with Crippen LogP contribution in [-0.2, 0) is 11.8 Å². The van der Waals surface area contributed by atoms with Crippen molar-refractivity contribution in [1.29, 1.82) is 0 Å². The van der Waals surface area contributed by atoms with Gasteiger partial charge in [0, 0.05) is 24.7 Å². The Morgan fingerprint density at radius 3 is 2.70 bits per heavy atom. The molecule has 0 spiro atoms. The summed E-state index contributed by atoms with van der Waals surface area (Å²) in [6.07, 6.45) is 2.49. The van der Waals surface area contributed by atoms with E-state index in [1.54, 1.807) is 6.20 Å². The number of aromatic nitrogens is 2. The van der Waals surface area contributed by atoms with Crippen molar-refractivity contribution in [1.82, 2.24) is 9.78 Å². The molecule has 1 aromatic carbocycles. The largest absolute Gasteiger partial charge is 0.493 e. The molecule has 5 nitrogen and oxygen atoms in total. The van der Waals surface area contributed by atoms with Crippen LogP contribution in [0.4, 0.5) is 0 Å². The Morgan fingerprint density at radius 2 is 2.15 bits per heavy atom. The van der Waals surface area contributed by atoms with Gasteiger partial charge < -0.3 is 9.84 Å². The van der Waals surface area contributed by atoms with Crippen LogP contribution in [0.5, 0.6) is 5.75 Å². The van der Waals surface area contributed by atoms with E-state index in [1.807, 2.05) is 42.1 Å². The molecule has 0 unspecified atom stereocenters. The van der Waals surface area contributed by atoms with Crippen molar-refractivity contribution in [2.24, 2.45) is 18.9 Å². The predicted molar refractivity (Wildman–Crippen MR) is 73.4 cm³/mol. The number of rotatable bonds is 5. The summed E-state index contributed by atoms with van der Waals surface area (Å²) in [5, 5.41) is 13.0. The summed E-state index contributed by atoms with van der Waals surface area (Å²) in [7, 11) is 1.90. The first-order valence-electron chi connectivity index (χ1n) is 6.59. The van der Waals surface area contributed by atoms with Crippen LogP contribution < -0.4 is 4.74 Å².